The molecule has 0 saturated carbocycles. The molecule has 1 heterocycles. The highest BCUT2D eigenvalue weighted by Gasteiger charge is 2.03. The lowest BCUT2D eigenvalue weighted by molar-refractivity contribution is 0.273. The van der Waals surface area contributed by atoms with E-state index in [0.717, 1.165) is 28.0 Å². The number of aromatic nitrogens is 1. The SMILES string of the molecule is CC(N)CO.COc1ccc2c(Nc3ccccc3)ccnc2c1. The number of rotatable bonds is 4. The minimum absolute atomic E-state index is 0.0602. The Morgan fingerprint density at radius 2 is 1.88 bits per heavy atom. The summed E-state index contributed by atoms with van der Waals surface area (Å²) < 4.78 is 5.22. The Morgan fingerprint density at radius 3 is 2.50 bits per heavy atom. The summed E-state index contributed by atoms with van der Waals surface area (Å²) in [5.41, 5.74) is 8.06. The molecule has 0 spiro atoms. The summed E-state index contributed by atoms with van der Waals surface area (Å²) in [7, 11) is 1.66. The molecule has 5 nitrogen and oxygen atoms in total. The van der Waals surface area contributed by atoms with E-state index in [1.54, 1.807) is 20.2 Å². The third-order valence-corrected chi connectivity index (χ3v) is 3.29. The molecule has 1 unspecified atom stereocenters. The van der Waals surface area contributed by atoms with Gasteiger partial charge in [0.15, 0.2) is 0 Å². The van der Waals surface area contributed by atoms with Crippen LogP contribution in [0.2, 0.25) is 0 Å². The van der Waals surface area contributed by atoms with Crippen molar-refractivity contribution in [3.63, 3.8) is 0 Å². The van der Waals surface area contributed by atoms with E-state index in [2.05, 4.69) is 10.3 Å². The van der Waals surface area contributed by atoms with E-state index < -0.39 is 0 Å². The predicted octanol–water partition coefficient (Wildman–Crippen LogP) is 3.31. The lowest BCUT2D eigenvalue weighted by atomic mass is 10.1. The molecule has 0 radical (unpaired) electrons. The van der Waals surface area contributed by atoms with Gasteiger partial charge in [-0.1, -0.05) is 18.2 Å². The van der Waals surface area contributed by atoms with Gasteiger partial charge in [0.1, 0.15) is 5.75 Å². The molecule has 3 aromatic rings. The van der Waals surface area contributed by atoms with E-state index in [-0.39, 0.29) is 12.6 Å². The van der Waals surface area contributed by atoms with Gasteiger partial charge in [-0.3, -0.25) is 4.98 Å². The zero-order chi connectivity index (χ0) is 17.4. The third kappa shape index (κ3) is 4.94. The second-order valence-corrected chi connectivity index (χ2v) is 5.39. The zero-order valence-electron chi connectivity index (χ0n) is 13.9. The van der Waals surface area contributed by atoms with E-state index in [1.807, 2.05) is 54.6 Å². The number of aliphatic hydroxyl groups is 1. The molecule has 3 rings (SSSR count). The van der Waals surface area contributed by atoms with Gasteiger partial charge in [0.25, 0.3) is 0 Å². The van der Waals surface area contributed by atoms with E-state index >= 15 is 0 Å². The van der Waals surface area contributed by atoms with Gasteiger partial charge in [0.2, 0.25) is 0 Å². The number of nitrogens with zero attached hydrogens (tertiary/aromatic N) is 1. The Bertz CT molecular complexity index is 761. The van der Waals surface area contributed by atoms with Gasteiger partial charge >= 0.3 is 0 Å². The van der Waals surface area contributed by atoms with Crippen molar-refractivity contribution in [3.05, 3.63) is 60.8 Å². The Balaban J connectivity index is 0.000000368. The van der Waals surface area contributed by atoms with Gasteiger partial charge in [-0.05, 0) is 37.3 Å². The van der Waals surface area contributed by atoms with Crippen LogP contribution in [0.4, 0.5) is 11.4 Å². The molecule has 126 valence electrons. The Labute approximate surface area is 142 Å². The molecule has 0 fully saturated rings. The number of aliphatic hydroxyl groups excluding tert-OH is 1. The summed E-state index contributed by atoms with van der Waals surface area (Å²) in [6, 6.07) is 17.9. The van der Waals surface area contributed by atoms with Gasteiger partial charge in [-0.25, -0.2) is 0 Å². The van der Waals surface area contributed by atoms with Crippen molar-refractivity contribution in [1.82, 2.24) is 4.98 Å². The summed E-state index contributed by atoms with van der Waals surface area (Å²) in [5.74, 6) is 0.817. The van der Waals surface area contributed by atoms with Gasteiger partial charge in [-0.15, -0.1) is 0 Å². The van der Waals surface area contributed by atoms with E-state index in [1.165, 1.54) is 0 Å². The molecule has 5 heteroatoms. The lowest BCUT2D eigenvalue weighted by Gasteiger charge is -2.10. The normalized spacial score (nSPS) is 11.3. The van der Waals surface area contributed by atoms with Crippen LogP contribution in [0.1, 0.15) is 6.92 Å². The largest absolute Gasteiger partial charge is 0.497 e. The molecule has 0 amide bonds. The Kier molecular flexibility index (Phi) is 6.54. The maximum absolute atomic E-state index is 8.02. The van der Waals surface area contributed by atoms with Gasteiger partial charge in [0.05, 0.1) is 19.2 Å². The molecule has 0 aliphatic rings. The number of methoxy groups -OCH3 is 1. The van der Waals surface area contributed by atoms with Crippen molar-refractivity contribution in [2.45, 2.75) is 13.0 Å². The highest BCUT2D eigenvalue weighted by molar-refractivity contribution is 5.93. The molecule has 1 atom stereocenters. The fraction of sp³-hybridized carbons (Fsp3) is 0.211. The van der Waals surface area contributed by atoms with Crippen LogP contribution in [-0.4, -0.2) is 29.8 Å². The van der Waals surface area contributed by atoms with Crippen LogP contribution >= 0.6 is 0 Å². The molecular weight excluding hydrogens is 302 g/mol. The number of para-hydroxylation sites is 1. The molecule has 0 bridgehead atoms. The van der Waals surface area contributed by atoms with Crippen LogP contribution in [-0.2, 0) is 0 Å². The monoisotopic (exact) mass is 325 g/mol. The van der Waals surface area contributed by atoms with Crippen LogP contribution in [0.25, 0.3) is 10.9 Å². The number of anilines is 2. The maximum atomic E-state index is 8.02. The van der Waals surface area contributed by atoms with E-state index in [9.17, 15) is 0 Å². The number of nitrogens with two attached hydrogens (primary N) is 1. The number of hydrogen-bond acceptors (Lipinski definition) is 5. The fourth-order valence-corrected chi connectivity index (χ4v) is 2.04. The van der Waals surface area contributed by atoms with Crippen molar-refractivity contribution in [2.75, 3.05) is 19.0 Å². The highest BCUT2D eigenvalue weighted by atomic mass is 16.5. The molecular formula is C19H23N3O2. The van der Waals surface area contributed by atoms with Crippen LogP contribution in [0.5, 0.6) is 5.75 Å². The van der Waals surface area contributed by atoms with Crippen molar-refractivity contribution < 1.29 is 9.84 Å². The van der Waals surface area contributed by atoms with Crippen molar-refractivity contribution in [1.29, 1.82) is 0 Å². The molecule has 0 aliphatic heterocycles. The minimum atomic E-state index is -0.0602. The Hall–Kier alpha value is -2.63. The Morgan fingerprint density at radius 1 is 1.17 bits per heavy atom. The topological polar surface area (TPSA) is 80.4 Å². The maximum Gasteiger partial charge on any atom is 0.121 e. The molecule has 24 heavy (non-hydrogen) atoms. The summed E-state index contributed by atoms with van der Waals surface area (Å²) in [5, 5.41) is 12.5. The van der Waals surface area contributed by atoms with Gasteiger partial charge in [-0.2, -0.15) is 0 Å². The van der Waals surface area contributed by atoms with Crippen LogP contribution < -0.4 is 15.8 Å². The zero-order valence-corrected chi connectivity index (χ0v) is 13.9. The van der Waals surface area contributed by atoms with Crippen molar-refractivity contribution in [2.24, 2.45) is 5.73 Å². The predicted molar refractivity (Wildman–Crippen MR) is 98.8 cm³/mol. The van der Waals surface area contributed by atoms with E-state index in [0.29, 0.717) is 0 Å². The summed E-state index contributed by atoms with van der Waals surface area (Å²) in [4.78, 5) is 4.37. The first-order valence-corrected chi connectivity index (χ1v) is 7.75. The number of nitrogens with one attached hydrogen (secondary N) is 1. The van der Waals surface area contributed by atoms with Crippen LogP contribution in [0.15, 0.2) is 60.8 Å². The molecule has 0 saturated heterocycles. The second kappa shape index (κ2) is 8.86. The molecule has 2 aromatic carbocycles. The summed E-state index contributed by atoms with van der Waals surface area (Å²) in [6.07, 6.45) is 1.80. The summed E-state index contributed by atoms with van der Waals surface area (Å²) in [6.45, 7) is 1.83. The lowest BCUT2D eigenvalue weighted by Crippen LogP contribution is -2.18. The quantitative estimate of drug-likeness (QED) is 0.686. The first-order chi connectivity index (χ1) is 11.6. The fourth-order valence-electron chi connectivity index (χ4n) is 2.04. The van der Waals surface area contributed by atoms with Crippen molar-refractivity contribution in [3.8, 4) is 5.75 Å². The average molecular weight is 325 g/mol. The number of benzene rings is 2. The molecule has 1 aromatic heterocycles. The highest BCUT2D eigenvalue weighted by Crippen LogP contribution is 2.27. The third-order valence-electron chi connectivity index (χ3n) is 3.29. The average Bonchev–Trinajstić information content (AvgIpc) is 2.63. The molecule has 4 N–H and O–H groups in total. The first kappa shape index (κ1) is 17.7. The number of hydrogen-bond donors (Lipinski definition) is 3. The van der Waals surface area contributed by atoms with Crippen LogP contribution in [0.3, 0.4) is 0 Å². The van der Waals surface area contributed by atoms with Gasteiger partial charge in [0, 0.05) is 35.1 Å². The van der Waals surface area contributed by atoms with Crippen molar-refractivity contribution >= 4 is 22.3 Å². The second-order valence-electron chi connectivity index (χ2n) is 5.39. The number of pyridine rings is 1. The standard InChI is InChI=1S/C16H14N2O.C3H9NO/c1-19-13-7-8-14-15(9-10-17-16(14)11-13)18-12-5-3-2-4-6-12;1-3(4)2-5/h2-11H,1H3,(H,17,18);3,5H,2,4H2,1H3. The smallest absolute Gasteiger partial charge is 0.121 e. The summed E-state index contributed by atoms with van der Waals surface area (Å²) >= 11 is 0. The first-order valence-electron chi connectivity index (χ1n) is 7.75. The van der Waals surface area contributed by atoms with E-state index in [4.69, 9.17) is 15.6 Å². The number of fused-ring (bicyclic) bond motifs is 1. The number of ether oxygens (including phenoxy) is 1. The molecule has 0 aliphatic carbocycles. The minimum Gasteiger partial charge on any atom is -0.497 e. The van der Waals surface area contributed by atoms with Gasteiger partial charge < -0.3 is 20.9 Å². The van der Waals surface area contributed by atoms with Crippen LogP contribution in [0, 0.1) is 0 Å².